The smallest absolute Gasteiger partial charge is 0.264 e. The summed E-state index contributed by atoms with van der Waals surface area (Å²) in [4.78, 5) is 29.0. The van der Waals surface area contributed by atoms with Crippen molar-refractivity contribution in [3.05, 3.63) is 82.3 Å². The zero-order valence-corrected chi connectivity index (χ0v) is 26.4. The van der Waals surface area contributed by atoms with Crippen molar-refractivity contribution < 1.29 is 22.7 Å². The average Bonchev–Trinajstić information content (AvgIpc) is 2.96. The fraction of sp³-hybridized carbons (Fsp3) is 0.310. The predicted octanol–water partition coefficient (Wildman–Crippen LogP) is 5.86. The molecule has 0 aliphatic heterocycles. The van der Waals surface area contributed by atoms with E-state index >= 15 is 0 Å². The highest BCUT2D eigenvalue weighted by atomic mass is 35.5. The molecule has 8 nitrogen and oxygen atoms in total. The summed E-state index contributed by atoms with van der Waals surface area (Å²) >= 11 is 13.9. The molecule has 0 fully saturated rings. The van der Waals surface area contributed by atoms with Crippen LogP contribution in [-0.4, -0.2) is 57.1 Å². The Morgan fingerprint density at radius 3 is 2.22 bits per heavy atom. The Balaban J connectivity index is 2.05. The number of nitrogens with one attached hydrogen (secondary N) is 1. The van der Waals surface area contributed by atoms with Crippen LogP contribution in [0.4, 0.5) is 5.69 Å². The van der Waals surface area contributed by atoms with E-state index in [-0.39, 0.29) is 23.0 Å². The van der Waals surface area contributed by atoms with E-state index in [0.717, 1.165) is 9.20 Å². The zero-order chi connectivity index (χ0) is 30.2. The molecule has 0 radical (unpaired) electrons. The number of amides is 2. The molecule has 0 heterocycles. The summed E-state index contributed by atoms with van der Waals surface area (Å²) in [7, 11) is -4.18. The van der Waals surface area contributed by atoms with Crippen molar-refractivity contribution in [2.75, 3.05) is 30.3 Å². The van der Waals surface area contributed by atoms with Gasteiger partial charge < -0.3 is 15.0 Å². The summed E-state index contributed by atoms with van der Waals surface area (Å²) in [5.74, 6) is -0.407. The number of likely N-dealkylation sites (N-methyl/N-ethyl adjacent to an activating group) is 1. The number of hydrogen-bond acceptors (Lipinski definition) is 6. The minimum absolute atomic E-state index is 0.0288. The molecule has 0 spiro atoms. The van der Waals surface area contributed by atoms with Crippen molar-refractivity contribution in [1.29, 1.82) is 0 Å². The van der Waals surface area contributed by atoms with Crippen LogP contribution >= 0.6 is 35.0 Å². The number of ether oxygens (including phenoxy) is 1. The van der Waals surface area contributed by atoms with Crippen LogP contribution in [0.5, 0.6) is 5.75 Å². The van der Waals surface area contributed by atoms with Crippen LogP contribution in [0.25, 0.3) is 0 Å². The first-order chi connectivity index (χ1) is 19.5. The largest absolute Gasteiger partial charge is 0.494 e. The van der Waals surface area contributed by atoms with Crippen molar-refractivity contribution in [2.24, 2.45) is 0 Å². The SMILES string of the molecule is CCNC(=O)C(C)N(Cc1ccc(Cl)cc1Cl)C(=O)CN(c1ccc(OCC)cc1)S(=O)(=O)c1ccc(SC)cc1. The predicted molar refractivity (Wildman–Crippen MR) is 166 cm³/mol. The Hall–Kier alpha value is -2.92. The van der Waals surface area contributed by atoms with Gasteiger partial charge >= 0.3 is 0 Å². The quantitative estimate of drug-likeness (QED) is 0.236. The maximum Gasteiger partial charge on any atom is 0.264 e. The number of halogens is 2. The molecule has 12 heteroatoms. The second kappa shape index (κ2) is 14.8. The van der Waals surface area contributed by atoms with E-state index < -0.39 is 28.5 Å². The molecule has 3 aromatic rings. The third-order valence-corrected chi connectivity index (χ3v) is 9.35. The molecule has 41 heavy (non-hydrogen) atoms. The number of hydrogen-bond donors (Lipinski definition) is 1. The monoisotopic (exact) mass is 637 g/mol. The highest BCUT2D eigenvalue weighted by Gasteiger charge is 2.32. The Labute approximate surface area is 256 Å². The molecule has 0 aliphatic rings. The van der Waals surface area contributed by atoms with Crippen LogP contribution in [0.2, 0.25) is 10.0 Å². The number of benzene rings is 3. The number of thioether (sulfide) groups is 1. The first-order valence-electron chi connectivity index (χ1n) is 12.9. The van der Waals surface area contributed by atoms with E-state index in [0.29, 0.717) is 34.5 Å². The molecule has 3 rings (SSSR count). The van der Waals surface area contributed by atoms with E-state index in [4.69, 9.17) is 27.9 Å². The van der Waals surface area contributed by atoms with Gasteiger partial charge in [-0.05, 0) is 93.3 Å². The summed E-state index contributed by atoms with van der Waals surface area (Å²) in [6.07, 6.45) is 1.89. The molecule has 0 saturated carbocycles. The summed E-state index contributed by atoms with van der Waals surface area (Å²) in [6.45, 7) is 5.42. The molecule has 0 saturated heterocycles. The lowest BCUT2D eigenvalue weighted by Gasteiger charge is -2.32. The van der Waals surface area contributed by atoms with E-state index in [1.165, 1.54) is 28.8 Å². The second-order valence-corrected chi connectivity index (χ2v) is 12.5. The zero-order valence-electron chi connectivity index (χ0n) is 23.3. The van der Waals surface area contributed by atoms with Gasteiger partial charge in [0.05, 0.1) is 17.2 Å². The molecule has 0 aliphatic carbocycles. The molecule has 3 aromatic carbocycles. The molecule has 1 unspecified atom stereocenters. The number of anilines is 1. The van der Waals surface area contributed by atoms with Gasteiger partial charge in [0.2, 0.25) is 11.8 Å². The molecule has 220 valence electrons. The molecular formula is C29H33Cl2N3O5S2. The highest BCUT2D eigenvalue weighted by Crippen LogP contribution is 2.28. The van der Waals surface area contributed by atoms with Crippen LogP contribution in [0, 0.1) is 0 Å². The minimum atomic E-state index is -4.18. The number of rotatable bonds is 13. The topological polar surface area (TPSA) is 96.0 Å². The van der Waals surface area contributed by atoms with Gasteiger partial charge in [-0.2, -0.15) is 0 Å². The maximum absolute atomic E-state index is 14.0. The molecule has 0 aromatic heterocycles. The van der Waals surface area contributed by atoms with Crippen molar-refractivity contribution in [2.45, 2.75) is 43.1 Å². The second-order valence-electron chi connectivity index (χ2n) is 8.94. The molecule has 2 amide bonds. The Morgan fingerprint density at radius 2 is 1.66 bits per heavy atom. The van der Waals surface area contributed by atoms with Crippen molar-refractivity contribution in [1.82, 2.24) is 10.2 Å². The van der Waals surface area contributed by atoms with E-state index in [1.54, 1.807) is 68.4 Å². The minimum Gasteiger partial charge on any atom is -0.494 e. The standard InChI is InChI=1S/C29H33Cl2N3O5S2/c1-5-32-29(36)20(3)33(18-21-7-8-22(30)17-27(21)31)28(35)19-34(23-9-11-24(12-10-23)39-6-2)41(37,38)26-15-13-25(40-4)14-16-26/h7-17,20H,5-6,18-19H2,1-4H3,(H,32,36). The van der Waals surface area contributed by atoms with Gasteiger partial charge in [0.1, 0.15) is 18.3 Å². The fourth-order valence-corrected chi connectivity index (χ4v) is 6.31. The van der Waals surface area contributed by atoms with Crippen molar-refractivity contribution in [3.8, 4) is 5.75 Å². The van der Waals surface area contributed by atoms with Crippen LogP contribution < -0.4 is 14.4 Å². The lowest BCUT2D eigenvalue weighted by Crippen LogP contribution is -2.51. The third kappa shape index (κ3) is 8.31. The number of carbonyl (C=O) groups is 2. The first kappa shape index (κ1) is 32.6. The van der Waals surface area contributed by atoms with E-state index in [9.17, 15) is 18.0 Å². The van der Waals surface area contributed by atoms with Crippen LogP contribution in [0.3, 0.4) is 0 Å². The van der Waals surface area contributed by atoms with Gasteiger partial charge in [-0.3, -0.25) is 13.9 Å². The Bertz CT molecular complexity index is 1450. The van der Waals surface area contributed by atoms with E-state index in [1.807, 2.05) is 13.2 Å². The van der Waals surface area contributed by atoms with Gasteiger partial charge in [-0.25, -0.2) is 8.42 Å². The Morgan fingerprint density at radius 1 is 1.00 bits per heavy atom. The lowest BCUT2D eigenvalue weighted by molar-refractivity contribution is -0.139. The summed E-state index contributed by atoms with van der Waals surface area (Å²) in [5, 5.41) is 3.47. The normalized spacial score (nSPS) is 12.0. The lowest BCUT2D eigenvalue weighted by atomic mass is 10.1. The number of nitrogens with zero attached hydrogens (tertiary/aromatic N) is 2. The average molecular weight is 639 g/mol. The summed E-state index contributed by atoms with van der Waals surface area (Å²) in [5.41, 5.74) is 0.828. The molecule has 1 N–H and O–H groups in total. The van der Waals surface area contributed by atoms with Crippen molar-refractivity contribution in [3.63, 3.8) is 0 Å². The van der Waals surface area contributed by atoms with E-state index in [2.05, 4.69) is 5.32 Å². The van der Waals surface area contributed by atoms with Gasteiger partial charge in [0, 0.05) is 28.0 Å². The Kier molecular flexibility index (Phi) is 11.8. The maximum atomic E-state index is 14.0. The fourth-order valence-electron chi connectivity index (χ4n) is 4.02. The third-order valence-electron chi connectivity index (χ3n) is 6.24. The first-order valence-corrected chi connectivity index (χ1v) is 16.3. The molecular weight excluding hydrogens is 605 g/mol. The van der Waals surface area contributed by atoms with Crippen LogP contribution in [-0.2, 0) is 26.2 Å². The van der Waals surface area contributed by atoms with Gasteiger partial charge in [-0.15, -0.1) is 11.8 Å². The van der Waals surface area contributed by atoms with Gasteiger partial charge in [0.15, 0.2) is 0 Å². The molecule has 0 bridgehead atoms. The van der Waals surface area contributed by atoms with Crippen LogP contribution in [0.15, 0.2) is 76.5 Å². The summed E-state index contributed by atoms with van der Waals surface area (Å²) < 4.78 is 34.5. The molecule has 1 atom stereocenters. The highest BCUT2D eigenvalue weighted by molar-refractivity contribution is 7.98. The van der Waals surface area contributed by atoms with Gasteiger partial charge in [-0.1, -0.05) is 29.3 Å². The summed E-state index contributed by atoms with van der Waals surface area (Å²) in [6, 6.07) is 16.8. The number of carbonyl (C=O) groups excluding carboxylic acids is 2. The van der Waals surface area contributed by atoms with Crippen LogP contribution in [0.1, 0.15) is 26.3 Å². The van der Waals surface area contributed by atoms with Crippen molar-refractivity contribution >= 4 is 62.5 Å². The number of sulfonamides is 1. The van der Waals surface area contributed by atoms with Gasteiger partial charge in [0.25, 0.3) is 10.0 Å².